The van der Waals surface area contributed by atoms with Crippen LogP contribution >= 0.6 is 0 Å². The Hall–Kier alpha value is -1.33. The van der Waals surface area contributed by atoms with Gasteiger partial charge in [0, 0.05) is 13.5 Å². The van der Waals surface area contributed by atoms with Crippen LogP contribution in [0.25, 0.3) is 0 Å². The summed E-state index contributed by atoms with van der Waals surface area (Å²) in [5, 5.41) is 5.02. The van der Waals surface area contributed by atoms with E-state index in [4.69, 9.17) is 9.47 Å². The van der Waals surface area contributed by atoms with E-state index in [1.54, 1.807) is 45.0 Å². The Morgan fingerprint density at radius 1 is 1.18 bits per heavy atom. The molecule has 0 aliphatic heterocycles. The average molecular weight is 424 g/mol. The summed E-state index contributed by atoms with van der Waals surface area (Å²) in [4.78, 5) is 24.0. The first-order valence-corrected chi connectivity index (χ1v) is 9.84. The largest absolute Gasteiger partial charge is 1.00 e. The number of amides is 2. The van der Waals surface area contributed by atoms with E-state index in [0.29, 0.717) is 5.75 Å². The average Bonchev–Trinajstić information content (AvgIpc) is 2.52. The third-order valence-corrected chi connectivity index (χ3v) is 3.89. The number of nitrogens with one attached hydrogen (secondary N) is 2. The van der Waals surface area contributed by atoms with Gasteiger partial charge < -0.3 is 24.7 Å². The van der Waals surface area contributed by atoms with Crippen molar-refractivity contribution >= 4 is 22.1 Å². The van der Waals surface area contributed by atoms with Gasteiger partial charge in [0.1, 0.15) is 24.0 Å². The number of carbonyl (C=O) groups is 2. The Bertz CT molecular complexity index is 746. The van der Waals surface area contributed by atoms with Gasteiger partial charge in [-0.2, -0.15) is 0 Å². The van der Waals surface area contributed by atoms with Gasteiger partial charge in [0.05, 0.1) is 15.9 Å². The van der Waals surface area contributed by atoms with Crippen LogP contribution in [0.2, 0.25) is 0 Å². The zero-order chi connectivity index (χ0) is 20.7. The molecular formula is C17H25N2NaO7S. The topological polar surface area (TPSA) is 134 Å². The fourth-order valence-corrected chi connectivity index (χ4v) is 2.34. The van der Waals surface area contributed by atoms with Gasteiger partial charge in [-0.05, 0) is 38.5 Å². The molecule has 0 fully saturated rings. The van der Waals surface area contributed by atoms with Crippen molar-refractivity contribution in [1.82, 2.24) is 10.6 Å². The van der Waals surface area contributed by atoms with Crippen LogP contribution < -0.4 is 44.9 Å². The van der Waals surface area contributed by atoms with Crippen LogP contribution in [0.5, 0.6) is 5.75 Å². The SMILES string of the molecule is CNC(=O)[C@H](Cc1ccc(OCCS(=O)(=O)[O-])cc1)NC(=O)OC(C)(C)C.[Na+]. The van der Waals surface area contributed by atoms with Crippen molar-refractivity contribution in [3.63, 3.8) is 0 Å². The first-order chi connectivity index (χ1) is 12.4. The van der Waals surface area contributed by atoms with E-state index < -0.39 is 33.6 Å². The fraction of sp³-hybridized carbons (Fsp3) is 0.529. The predicted octanol–water partition coefficient (Wildman–Crippen LogP) is -2.20. The van der Waals surface area contributed by atoms with E-state index in [0.717, 1.165) is 5.56 Å². The molecule has 0 aliphatic rings. The zero-order valence-corrected chi connectivity index (χ0v) is 19.6. The zero-order valence-electron chi connectivity index (χ0n) is 16.8. The summed E-state index contributed by atoms with van der Waals surface area (Å²) in [7, 11) is -2.86. The molecular weight excluding hydrogens is 399 g/mol. The van der Waals surface area contributed by atoms with Gasteiger partial charge in [0.25, 0.3) is 0 Å². The number of likely N-dealkylation sites (N-methyl/N-ethyl adjacent to an activating group) is 1. The molecule has 0 bridgehead atoms. The van der Waals surface area contributed by atoms with Gasteiger partial charge in [0.15, 0.2) is 0 Å². The standard InChI is InChI=1S/C17H26N2O7S.Na/c1-17(2,3)26-16(21)19-14(15(20)18-4)11-12-5-7-13(8-6-12)25-9-10-27(22,23)24;/h5-8,14H,9-11H2,1-4H3,(H,18,20)(H,19,21)(H,22,23,24);/q;+1/p-1/t14-;/m0./s1. The molecule has 2 amide bonds. The van der Waals surface area contributed by atoms with Crippen LogP contribution in [-0.4, -0.2) is 56.0 Å². The molecule has 0 aromatic heterocycles. The van der Waals surface area contributed by atoms with Gasteiger partial charge >= 0.3 is 35.7 Å². The van der Waals surface area contributed by atoms with Gasteiger partial charge in [-0.15, -0.1) is 0 Å². The quantitative estimate of drug-likeness (QED) is 0.357. The Kier molecular flexibility index (Phi) is 11.1. The number of ether oxygens (including phenoxy) is 2. The van der Waals surface area contributed by atoms with Crippen molar-refractivity contribution < 1.29 is 61.6 Å². The van der Waals surface area contributed by atoms with Crippen molar-refractivity contribution in [2.24, 2.45) is 0 Å². The van der Waals surface area contributed by atoms with E-state index in [9.17, 15) is 22.6 Å². The maximum absolute atomic E-state index is 12.0. The second kappa shape index (κ2) is 11.6. The van der Waals surface area contributed by atoms with E-state index >= 15 is 0 Å². The van der Waals surface area contributed by atoms with Crippen LogP contribution in [-0.2, 0) is 26.1 Å². The smallest absolute Gasteiger partial charge is 0.748 e. The number of carbonyl (C=O) groups excluding carboxylic acids is 2. The molecule has 0 unspecified atom stereocenters. The minimum Gasteiger partial charge on any atom is -0.748 e. The molecule has 2 N–H and O–H groups in total. The minimum atomic E-state index is -4.33. The van der Waals surface area contributed by atoms with Gasteiger partial charge in [-0.25, -0.2) is 13.2 Å². The van der Waals surface area contributed by atoms with Crippen LogP contribution in [0.3, 0.4) is 0 Å². The van der Waals surface area contributed by atoms with Crippen LogP contribution in [0.4, 0.5) is 4.79 Å². The summed E-state index contributed by atoms with van der Waals surface area (Å²) in [6.45, 7) is 4.92. The Morgan fingerprint density at radius 2 is 1.75 bits per heavy atom. The van der Waals surface area contributed by atoms with Gasteiger partial charge in [-0.3, -0.25) is 4.79 Å². The van der Waals surface area contributed by atoms with E-state index in [1.807, 2.05) is 0 Å². The van der Waals surface area contributed by atoms with Crippen molar-refractivity contribution in [3.8, 4) is 5.75 Å². The third kappa shape index (κ3) is 11.5. The molecule has 0 aliphatic carbocycles. The molecule has 152 valence electrons. The predicted molar refractivity (Wildman–Crippen MR) is 97.4 cm³/mol. The maximum Gasteiger partial charge on any atom is 1.00 e. The molecule has 1 aromatic rings. The van der Waals surface area contributed by atoms with E-state index in [1.165, 1.54) is 7.05 Å². The van der Waals surface area contributed by atoms with Gasteiger partial charge in [-0.1, -0.05) is 12.1 Å². The van der Waals surface area contributed by atoms with E-state index in [2.05, 4.69) is 10.6 Å². The molecule has 11 heteroatoms. The summed E-state index contributed by atoms with van der Waals surface area (Å²) in [6, 6.07) is 5.69. The molecule has 9 nitrogen and oxygen atoms in total. The molecule has 1 atom stereocenters. The first kappa shape index (κ1) is 26.7. The molecule has 1 aromatic carbocycles. The Labute approximate surface area is 187 Å². The molecule has 0 saturated carbocycles. The van der Waals surface area contributed by atoms with E-state index in [-0.39, 0.29) is 48.5 Å². The summed E-state index contributed by atoms with van der Waals surface area (Å²) in [6.07, 6.45) is -0.483. The summed E-state index contributed by atoms with van der Waals surface area (Å²) < 4.78 is 42.0. The number of hydrogen-bond donors (Lipinski definition) is 2. The minimum absolute atomic E-state index is 0. The van der Waals surface area contributed by atoms with Crippen LogP contribution in [0.15, 0.2) is 24.3 Å². The summed E-state index contributed by atoms with van der Waals surface area (Å²) in [5.74, 6) is -0.603. The van der Waals surface area contributed by atoms with Crippen LogP contribution in [0, 0.1) is 0 Å². The summed E-state index contributed by atoms with van der Waals surface area (Å²) >= 11 is 0. The number of alkyl carbamates (subject to hydrolysis) is 1. The first-order valence-electron chi connectivity index (χ1n) is 8.26. The molecule has 0 saturated heterocycles. The molecule has 0 spiro atoms. The van der Waals surface area contributed by atoms with Crippen molar-refractivity contribution in [1.29, 1.82) is 0 Å². The van der Waals surface area contributed by atoms with Crippen molar-refractivity contribution in [3.05, 3.63) is 29.8 Å². The second-order valence-electron chi connectivity index (χ2n) is 6.77. The van der Waals surface area contributed by atoms with Crippen LogP contribution in [0.1, 0.15) is 26.3 Å². The second-order valence-corrected chi connectivity index (χ2v) is 8.30. The molecule has 0 radical (unpaired) electrons. The fourth-order valence-electron chi connectivity index (χ4n) is 2.05. The number of benzene rings is 1. The van der Waals surface area contributed by atoms with Crippen molar-refractivity contribution in [2.75, 3.05) is 19.4 Å². The monoisotopic (exact) mass is 424 g/mol. The Morgan fingerprint density at radius 3 is 2.21 bits per heavy atom. The Balaban J connectivity index is 0.00000729. The number of rotatable bonds is 8. The van der Waals surface area contributed by atoms with Crippen molar-refractivity contribution in [2.45, 2.75) is 38.8 Å². The normalized spacial score (nSPS) is 12.3. The molecule has 1 rings (SSSR count). The summed E-state index contributed by atoms with van der Waals surface area (Å²) in [5.41, 5.74) is 0.0527. The third-order valence-electron chi connectivity index (χ3n) is 3.22. The maximum atomic E-state index is 12.0. The number of hydrogen-bond acceptors (Lipinski definition) is 7. The molecule has 0 heterocycles. The molecule has 28 heavy (non-hydrogen) atoms. The van der Waals surface area contributed by atoms with Gasteiger partial charge in [0.2, 0.25) is 5.91 Å².